The highest BCUT2D eigenvalue weighted by Crippen LogP contribution is 2.28. The summed E-state index contributed by atoms with van der Waals surface area (Å²) in [5, 5.41) is 11.6. The molecular formula is C14H9N3O2S. The Hall–Kier alpha value is -2.60. The van der Waals surface area contributed by atoms with E-state index in [4.69, 9.17) is 0 Å². The van der Waals surface area contributed by atoms with Gasteiger partial charge < -0.3 is 0 Å². The van der Waals surface area contributed by atoms with Crippen molar-refractivity contribution in [2.24, 2.45) is 4.99 Å². The quantitative estimate of drug-likeness (QED) is 0.415. The van der Waals surface area contributed by atoms with Crippen LogP contribution in [0.4, 0.5) is 11.5 Å². The summed E-state index contributed by atoms with van der Waals surface area (Å²) in [4.78, 5) is 14.5. The zero-order valence-electron chi connectivity index (χ0n) is 10.3. The van der Waals surface area contributed by atoms with Crippen molar-refractivity contribution >= 4 is 39.3 Å². The topological polar surface area (TPSA) is 68.4 Å². The van der Waals surface area contributed by atoms with Crippen molar-refractivity contribution in [2.75, 3.05) is 0 Å². The van der Waals surface area contributed by atoms with Crippen LogP contribution in [0.1, 0.15) is 5.56 Å². The van der Waals surface area contributed by atoms with Gasteiger partial charge >= 0.3 is 0 Å². The largest absolute Gasteiger partial charge is 0.269 e. The van der Waals surface area contributed by atoms with E-state index in [1.165, 1.54) is 23.7 Å². The predicted octanol–water partition coefficient (Wildman–Crippen LogP) is 3.96. The third-order valence-electron chi connectivity index (χ3n) is 2.80. The van der Waals surface area contributed by atoms with Crippen LogP contribution in [0.15, 0.2) is 53.5 Å². The maximum Gasteiger partial charge on any atom is 0.269 e. The fourth-order valence-electron chi connectivity index (χ4n) is 1.78. The first-order valence-corrected chi connectivity index (χ1v) is 6.64. The van der Waals surface area contributed by atoms with E-state index in [2.05, 4.69) is 9.37 Å². The number of fused-ring (bicyclic) bond motifs is 1. The van der Waals surface area contributed by atoms with Crippen molar-refractivity contribution in [3.63, 3.8) is 0 Å². The van der Waals surface area contributed by atoms with Gasteiger partial charge in [0.15, 0.2) is 5.82 Å². The lowest BCUT2D eigenvalue weighted by molar-refractivity contribution is -0.384. The second-order valence-electron chi connectivity index (χ2n) is 4.11. The first kappa shape index (κ1) is 12.4. The molecule has 0 atom stereocenters. The molecule has 0 radical (unpaired) electrons. The molecule has 0 saturated heterocycles. The number of hydrogen-bond acceptors (Lipinski definition) is 5. The molecule has 0 bridgehead atoms. The molecule has 0 fully saturated rings. The first-order valence-electron chi connectivity index (χ1n) is 5.87. The average molecular weight is 283 g/mol. The molecule has 2 aromatic carbocycles. The number of hydrogen-bond donors (Lipinski definition) is 0. The number of non-ortho nitro benzene ring substituents is 1. The van der Waals surface area contributed by atoms with Gasteiger partial charge in [-0.05, 0) is 41.4 Å². The van der Waals surface area contributed by atoms with Crippen LogP contribution in [-0.4, -0.2) is 15.5 Å². The Labute approximate surface area is 118 Å². The third kappa shape index (κ3) is 2.41. The molecule has 0 saturated carbocycles. The monoisotopic (exact) mass is 283 g/mol. The molecular weight excluding hydrogens is 274 g/mol. The molecule has 0 N–H and O–H groups in total. The molecule has 0 aliphatic rings. The van der Waals surface area contributed by atoms with Gasteiger partial charge in [0.1, 0.15) is 0 Å². The van der Waals surface area contributed by atoms with Crippen molar-refractivity contribution in [3.05, 3.63) is 64.2 Å². The Morgan fingerprint density at radius 3 is 2.65 bits per heavy atom. The minimum absolute atomic E-state index is 0.0706. The summed E-state index contributed by atoms with van der Waals surface area (Å²) in [6, 6.07) is 14.1. The van der Waals surface area contributed by atoms with E-state index >= 15 is 0 Å². The van der Waals surface area contributed by atoms with Crippen molar-refractivity contribution in [2.45, 2.75) is 0 Å². The molecule has 0 unspecified atom stereocenters. The molecule has 6 heteroatoms. The number of nitro benzene ring substituents is 1. The smallest absolute Gasteiger partial charge is 0.258 e. The molecule has 3 rings (SSSR count). The Bertz CT molecular complexity index is 794. The zero-order valence-corrected chi connectivity index (χ0v) is 11.1. The Balaban J connectivity index is 1.88. The molecule has 5 nitrogen and oxygen atoms in total. The van der Waals surface area contributed by atoms with Crippen LogP contribution in [0.3, 0.4) is 0 Å². The maximum absolute atomic E-state index is 10.6. The third-order valence-corrected chi connectivity index (χ3v) is 3.62. The Morgan fingerprint density at radius 1 is 1.15 bits per heavy atom. The van der Waals surface area contributed by atoms with Crippen LogP contribution in [-0.2, 0) is 0 Å². The minimum atomic E-state index is -0.422. The lowest BCUT2D eigenvalue weighted by atomic mass is 10.2. The normalized spacial score (nSPS) is 11.2. The Kier molecular flexibility index (Phi) is 3.22. The molecule has 1 aromatic heterocycles. The van der Waals surface area contributed by atoms with E-state index in [0.717, 1.165) is 15.6 Å². The lowest BCUT2D eigenvalue weighted by Gasteiger charge is -1.93. The summed E-state index contributed by atoms with van der Waals surface area (Å²) in [6.45, 7) is 0. The molecule has 0 aliphatic heterocycles. The van der Waals surface area contributed by atoms with Gasteiger partial charge in [0, 0.05) is 23.7 Å². The fourth-order valence-corrected chi connectivity index (χ4v) is 2.51. The minimum Gasteiger partial charge on any atom is -0.258 e. The van der Waals surface area contributed by atoms with Crippen molar-refractivity contribution < 1.29 is 4.92 Å². The van der Waals surface area contributed by atoms with Gasteiger partial charge in [0.05, 0.1) is 9.62 Å². The molecule has 20 heavy (non-hydrogen) atoms. The fraction of sp³-hybridized carbons (Fsp3) is 0. The van der Waals surface area contributed by atoms with Crippen molar-refractivity contribution in [1.29, 1.82) is 0 Å². The highest BCUT2D eigenvalue weighted by molar-refractivity contribution is 7.13. The van der Waals surface area contributed by atoms with Crippen LogP contribution in [0.25, 0.3) is 10.1 Å². The number of aliphatic imine (C=N–C) groups is 1. The summed E-state index contributed by atoms with van der Waals surface area (Å²) in [7, 11) is 0. The van der Waals surface area contributed by atoms with Gasteiger partial charge in [-0.3, -0.25) is 10.1 Å². The number of benzene rings is 2. The first-order chi connectivity index (χ1) is 9.74. The van der Waals surface area contributed by atoms with Crippen LogP contribution < -0.4 is 0 Å². The van der Waals surface area contributed by atoms with Gasteiger partial charge in [-0.15, -0.1) is 0 Å². The van der Waals surface area contributed by atoms with Crippen LogP contribution in [0.2, 0.25) is 0 Å². The van der Waals surface area contributed by atoms with Crippen molar-refractivity contribution in [1.82, 2.24) is 4.37 Å². The number of aromatic nitrogens is 1. The van der Waals surface area contributed by atoms with Crippen molar-refractivity contribution in [3.8, 4) is 0 Å². The summed E-state index contributed by atoms with van der Waals surface area (Å²) < 4.78 is 5.38. The van der Waals surface area contributed by atoms with Gasteiger partial charge in [-0.25, -0.2) is 4.99 Å². The number of rotatable bonds is 3. The van der Waals surface area contributed by atoms with E-state index in [0.29, 0.717) is 5.82 Å². The van der Waals surface area contributed by atoms with E-state index in [1.807, 2.05) is 24.3 Å². The van der Waals surface area contributed by atoms with Crippen LogP contribution in [0.5, 0.6) is 0 Å². The van der Waals surface area contributed by atoms with E-state index in [9.17, 15) is 10.1 Å². The van der Waals surface area contributed by atoms with Gasteiger partial charge in [0.2, 0.25) is 0 Å². The van der Waals surface area contributed by atoms with E-state index < -0.39 is 4.92 Å². The standard InChI is InChI=1S/C14H9N3O2S/c18-17(19)11-7-5-10(6-8-11)9-15-14-12-3-1-2-4-13(12)20-16-14/h1-9H. The maximum atomic E-state index is 10.6. The van der Waals surface area contributed by atoms with Gasteiger partial charge in [0.25, 0.3) is 5.69 Å². The summed E-state index contributed by atoms with van der Waals surface area (Å²) in [6.07, 6.45) is 1.66. The molecule has 0 spiro atoms. The second kappa shape index (κ2) is 5.18. The van der Waals surface area contributed by atoms with Crippen LogP contribution >= 0.6 is 11.5 Å². The molecule has 3 aromatic rings. The summed E-state index contributed by atoms with van der Waals surface area (Å²) in [5.41, 5.74) is 0.869. The summed E-state index contributed by atoms with van der Waals surface area (Å²) in [5.74, 6) is 0.670. The number of nitrogens with zero attached hydrogens (tertiary/aromatic N) is 3. The zero-order chi connectivity index (χ0) is 13.9. The molecule has 1 heterocycles. The SMILES string of the molecule is O=[N+]([O-])c1ccc(C=Nc2nsc3ccccc23)cc1. The van der Waals surface area contributed by atoms with E-state index in [-0.39, 0.29) is 5.69 Å². The second-order valence-corrected chi connectivity index (χ2v) is 4.91. The van der Waals surface area contributed by atoms with E-state index in [1.54, 1.807) is 18.3 Å². The molecule has 98 valence electrons. The average Bonchev–Trinajstić information content (AvgIpc) is 2.89. The molecule has 0 amide bonds. The van der Waals surface area contributed by atoms with Gasteiger partial charge in [-0.2, -0.15) is 4.37 Å². The summed E-state index contributed by atoms with van der Waals surface area (Å²) >= 11 is 1.40. The predicted molar refractivity (Wildman–Crippen MR) is 80.0 cm³/mol. The highest BCUT2D eigenvalue weighted by Gasteiger charge is 2.04. The van der Waals surface area contributed by atoms with Crippen LogP contribution in [0, 0.1) is 10.1 Å². The lowest BCUT2D eigenvalue weighted by Crippen LogP contribution is -1.88. The Morgan fingerprint density at radius 2 is 1.90 bits per heavy atom. The number of nitro groups is 1. The molecule has 0 aliphatic carbocycles. The highest BCUT2D eigenvalue weighted by atomic mass is 32.1. The van der Waals surface area contributed by atoms with Gasteiger partial charge in [-0.1, -0.05) is 12.1 Å².